The molecule has 0 spiro atoms. The Hall–Kier alpha value is -1.98. The van der Waals surface area contributed by atoms with Crippen LogP contribution in [0.3, 0.4) is 0 Å². The molecule has 0 aliphatic rings. The molecule has 100 valence electrons. The Balaban J connectivity index is 3.06. The van der Waals surface area contributed by atoms with E-state index in [-0.39, 0.29) is 6.54 Å². The molecule has 0 saturated carbocycles. The number of carbonyl (C=O) groups is 1. The molecule has 0 atom stereocenters. The molecule has 0 radical (unpaired) electrons. The number of nitrogens with zero attached hydrogens (tertiary/aromatic N) is 2. The average molecular weight is 252 g/mol. The molecule has 0 fully saturated rings. The van der Waals surface area contributed by atoms with E-state index >= 15 is 0 Å². The van der Waals surface area contributed by atoms with Crippen molar-refractivity contribution in [2.45, 2.75) is 13.8 Å². The Labute approximate surface area is 107 Å². The van der Waals surface area contributed by atoms with Crippen molar-refractivity contribution in [2.75, 3.05) is 30.8 Å². The van der Waals surface area contributed by atoms with Gasteiger partial charge in [0.2, 0.25) is 11.8 Å². The maximum absolute atomic E-state index is 11.1. The van der Waals surface area contributed by atoms with Crippen LogP contribution in [0.2, 0.25) is 0 Å². The smallest absolute Gasteiger partial charge is 0.236 e. The zero-order chi connectivity index (χ0) is 13.7. The third-order valence-corrected chi connectivity index (χ3v) is 2.32. The van der Waals surface area contributed by atoms with E-state index in [9.17, 15) is 4.79 Å². The van der Waals surface area contributed by atoms with Gasteiger partial charge in [0.05, 0.1) is 19.3 Å². The fourth-order valence-electron chi connectivity index (χ4n) is 1.66. The van der Waals surface area contributed by atoms with E-state index in [4.69, 9.17) is 16.2 Å². The summed E-state index contributed by atoms with van der Waals surface area (Å²) in [6, 6.07) is 3.38. The predicted molar refractivity (Wildman–Crippen MR) is 71.4 cm³/mol. The maximum atomic E-state index is 11.1. The molecule has 0 aromatic carbocycles. The number of aromatic nitrogens is 1. The van der Waals surface area contributed by atoms with Gasteiger partial charge in [-0.1, -0.05) is 13.8 Å². The van der Waals surface area contributed by atoms with E-state index in [2.05, 4.69) is 4.98 Å². The quantitative estimate of drug-likeness (QED) is 0.774. The number of nitrogen functional groups attached to an aromatic ring is 1. The lowest BCUT2D eigenvalue weighted by atomic mass is 10.2. The van der Waals surface area contributed by atoms with E-state index in [0.29, 0.717) is 29.8 Å². The van der Waals surface area contributed by atoms with Crippen LogP contribution in [0.5, 0.6) is 5.88 Å². The molecule has 6 nitrogen and oxygen atoms in total. The van der Waals surface area contributed by atoms with Crippen LogP contribution in [0.25, 0.3) is 0 Å². The molecule has 0 saturated heterocycles. The highest BCUT2D eigenvalue weighted by Gasteiger charge is 2.16. The normalized spacial score (nSPS) is 10.4. The fraction of sp³-hybridized carbons (Fsp3) is 0.500. The number of ether oxygens (including phenoxy) is 1. The molecular formula is C12H20N4O2. The second-order valence-corrected chi connectivity index (χ2v) is 4.51. The SMILES string of the molecule is COc1ccc(N)c(N(CC(N)=O)CC(C)C)n1. The Kier molecular flexibility index (Phi) is 4.76. The summed E-state index contributed by atoms with van der Waals surface area (Å²) in [5.74, 6) is 0.927. The number of rotatable bonds is 6. The van der Waals surface area contributed by atoms with Gasteiger partial charge in [0.25, 0.3) is 0 Å². The molecule has 0 bridgehead atoms. The van der Waals surface area contributed by atoms with Crippen molar-refractivity contribution in [3.63, 3.8) is 0 Å². The van der Waals surface area contributed by atoms with Crippen molar-refractivity contribution in [3.8, 4) is 5.88 Å². The summed E-state index contributed by atoms with van der Waals surface area (Å²) >= 11 is 0. The van der Waals surface area contributed by atoms with Crippen LogP contribution in [-0.4, -0.2) is 31.1 Å². The van der Waals surface area contributed by atoms with Gasteiger partial charge in [0.15, 0.2) is 5.82 Å². The largest absolute Gasteiger partial charge is 0.481 e. The van der Waals surface area contributed by atoms with Crippen molar-refractivity contribution in [2.24, 2.45) is 11.7 Å². The minimum Gasteiger partial charge on any atom is -0.481 e. The molecule has 0 unspecified atom stereocenters. The summed E-state index contributed by atoms with van der Waals surface area (Å²) in [5.41, 5.74) is 11.6. The number of carbonyl (C=O) groups excluding carboxylic acids is 1. The summed E-state index contributed by atoms with van der Waals surface area (Å²) < 4.78 is 5.06. The second-order valence-electron chi connectivity index (χ2n) is 4.51. The van der Waals surface area contributed by atoms with Crippen molar-refractivity contribution in [1.82, 2.24) is 4.98 Å². The molecular weight excluding hydrogens is 232 g/mol. The second kappa shape index (κ2) is 6.09. The zero-order valence-electron chi connectivity index (χ0n) is 11.0. The lowest BCUT2D eigenvalue weighted by Gasteiger charge is -2.25. The molecule has 1 aromatic heterocycles. The molecule has 1 rings (SSSR count). The van der Waals surface area contributed by atoms with Gasteiger partial charge < -0.3 is 21.1 Å². The molecule has 1 heterocycles. The first-order valence-electron chi connectivity index (χ1n) is 5.77. The van der Waals surface area contributed by atoms with Crippen molar-refractivity contribution >= 4 is 17.4 Å². The van der Waals surface area contributed by atoms with Gasteiger partial charge in [-0.05, 0) is 12.0 Å². The van der Waals surface area contributed by atoms with Crippen LogP contribution in [0.4, 0.5) is 11.5 Å². The minimum atomic E-state index is -0.417. The third kappa shape index (κ3) is 3.80. The molecule has 0 aliphatic carbocycles. The van der Waals surface area contributed by atoms with Crippen molar-refractivity contribution < 1.29 is 9.53 Å². The van der Waals surface area contributed by atoms with E-state index in [1.807, 2.05) is 13.8 Å². The first kappa shape index (κ1) is 14.1. The van der Waals surface area contributed by atoms with E-state index < -0.39 is 5.91 Å². The lowest BCUT2D eigenvalue weighted by Crippen LogP contribution is -2.37. The number of nitrogens with two attached hydrogens (primary N) is 2. The third-order valence-electron chi connectivity index (χ3n) is 2.32. The standard InChI is InChI=1S/C12H20N4O2/c1-8(2)6-16(7-10(14)17)12-9(13)4-5-11(15-12)18-3/h4-5,8H,6-7,13H2,1-3H3,(H2,14,17). The first-order valence-corrected chi connectivity index (χ1v) is 5.77. The number of methoxy groups -OCH3 is 1. The van der Waals surface area contributed by atoms with Crippen LogP contribution in [0.1, 0.15) is 13.8 Å². The number of hydrogen-bond donors (Lipinski definition) is 2. The first-order chi connectivity index (χ1) is 8.43. The molecule has 1 aromatic rings. The number of pyridine rings is 1. The number of anilines is 2. The fourth-order valence-corrected chi connectivity index (χ4v) is 1.66. The number of primary amides is 1. The van der Waals surface area contributed by atoms with Gasteiger partial charge in [0, 0.05) is 12.6 Å². The Morgan fingerprint density at radius 1 is 1.50 bits per heavy atom. The van der Waals surface area contributed by atoms with Crippen LogP contribution in [0, 0.1) is 5.92 Å². The zero-order valence-corrected chi connectivity index (χ0v) is 11.0. The van der Waals surface area contributed by atoms with Gasteiger partial charge in [-0.2, -0.15) is 4.98 Å². The molecule has 6 heteroatoms. The number of amides is 1. The van der Waals surface area contributed by atoms with Crippen molar-refractivity contribution in [3.05, 3.63) is 12.1 Å². The van der Waals surface area contributed by atoms with Crippen LogP contribution in [0.15, 0.2) is 12.1 Å². The Bertz CT molecular complexity index is 421. The number of hydrogen-bond acceptors (Lipinski definition) is 5. The average Bonchev–Trinajstić information content (AvgIpc) is 2.27. The van der Waals surface area contributed by atoms with E-state index in [1.54, 1.807) is 17.0 Å². The van der Waals surface area contributed by atoms with Gasteiger partial charge in [0.1, 0.15) is 0 Å². The van der Waals surface area contributed by atoms with Gasteiger partial charge in [-0.25, -0.2) is 0 Å². The summed E-state index contributed by atoms with van der Waals surface area (Å²) in [4.78, 5) is 17.1. The minimum absolute atomic E-state index is 0.0859. The highest BCUT2D eigenvalue weighted by molar-refractivity contribution is 5.80. The van der Waals surface area contributed by atoms with Crippen LogP contribution in [-0.2, 0) is 4.79 Å². The summed E-state index contributed by atoms with van der Waals surface area (Å²) in [6.07, 6.45) is 0. The molecule has 1 amide bonds. The van der Waals surface area contributed by atoms with Crippen LogP contribution >= 0.6 is 0 Å². The van der Waals surface area contributed by atoms with Crippen molar-refractivity contribution in [1.29, 1.82) is 0 Å². The highest BCUT2D eigenvalue weighted by Crippen LogP contribution is 2.24. The Morgan fingerprint density at radius 2 is 2.17 bits per heavy atom. The van der Waals surface area contributed by atoms with E-state index in [0.717, 1.165) is 0 Å². The Morgan fingerprint density at radius 3 is 2.67 bits per heavy atom. The van der Waals surface area contributed by atoms with E-state index in [1.165, 1.54) is 7.11 Å². The van der Waals surface area contributed by atoms with Gasteiger partial charge >= 0.3 is 0 Å². The van der Waals surface area contributed by atoms with Gasteiger partial charge in [-0.15, -0.1) is 0 Å². The topological polar surface area (TPSA) is 94.5 Å². The lowest BCUT2D eigenvalue weighted by molar-refractivity contribution is -0.116. The summed E-state index contributed by atoms with van der Waals surface area (Å²) in [6.45, 7) is 4.82. The van der Waals surface area contributed by atoms with Gasteiger partial charge in [-0.3, -0.25) is 4.79 Å². The summed E-state index contributed by atoms with van der Waals surface area (Å²) in [7, 11) is 1.53. The molecule has 4 N–H and O–H groups in total. The maximum Gasteiger partial charge on any atom is 0.236 e. The molecule has 0 aliphatic heterocycles. The highest BCUT2D eigenvalue weighted by atomic mass is 16.5. The summed E-state index contributed by atoms with van der Waals surface area (Å²) in [5, 5.41) is 0. The molecule has 18 heavy (non-hydrogen) atoms. The predicted octanol–water partition coefficient (Wildman–Crippen LogP) is 0.620. The monoisotopic (exact) mass is 252 g/mol. The van der Waals surface area contributed by atoms with Crippen LogP contribution < -0.4 is 21.1 Å².